The van der Waals surface area contributed by atoms with Crippen molar-refractivity contribution in [2.24, 2.45) is 0 Å². The van der Waals surface area contributed by atoms with Crippen LogP contribution in [0, 0.1) is 13.8 Å². The maximum atomic E-state index is 12.4. The molecule has 0 unspecified atom stereocenters. The fourth-order valence-electron chi connectivity index (χ4n) is 2.19. The molecule has 0 fully saturated rings. The zero-order chi connectivity index (χ0) is 16.4. The average molecular weight is 388 g/mol. The molecule has 0 atom stereocenters. The molecule has 1 amide bonds. The highest BCUT2D eigenvalue weighted by molar-refractivity contribution is 9.10. The second-order valence-corrected chi connectivity index (χ2v) is 7.22. The first-order valence-electron chi connectivity index (χ1n) is 7.00. The van der Waals surface area contributed by atoms with E-state index in [-0.39, 0.29) is 5.91 Å². The van der Waals surface area contributed by atoms with E-state index in [1.807, 2.05) is 44.2 Å². The summed E-state index contributed by atoms with van der Waals surface area (Å²) in [7, 11) is 0. The van der Waals surface area contributed by atoms with E-state index >= 15 is 0 Å². The van der Waals surface area contributed by atoms with Crippen LogP contribution in [0.4, 0.5) is 5.13 Å². The summed E-state index contributed by atoms with van der Waals surface area (Å²) in [6, 6.07) is 11.6. The Kier molecular flexibility index (Phi) is 4.54. The molecule has 1 aromatic carbocycles. The largest absolute Gasteiger partial charge is 0.298 e. The summed E-state index contributed by atoms with van der Waals surface area (Å²) in [5, 5.41) is 3.41. The molecule has 2 heterocycles. The van der Waals surface area contributed by atoms with Crippen molar-refractivity contribution in [3.05, 3.63) is 63.2 Å². The van der Waals surface area contributed by atoms with Gasteiger partial charge in [-0.15, -0.1) is 11.3 Å². The fourth-order valence-corrected chi connectivity index (χ4v) is 3.25. The van der Waals surface area contributed by atoms with Crippen LogP contribution in [0.1, 0.15) is 20.9 Å². The summed E-state index contributed by atoms with van der Waals surface area (Å²) in [6.07, 6.45) is 1.74. The molecule has 4 nitrogen and oxygen atoms in total. The summed E-state index contributed by atoms with van der Waals surface area (Å²) in [5.74, 6) is -0.190. The molecule has 0 bridgehead atoms. The lowest BCUT2D eigenvalue weighted by molar-refractivity contribution is 0.102. The minimum atomic E-state index is -0.190. The van der Waals surface area contributed by atoms with E-state index < -0.39 is 0 Å². The van der Waals surface area contributed by atoms with Crippen molar-refractivity contribution in [1.82, 2.24) is 9.97 Å². The molecule has 23 heavy (non-hydrogen) atoms. The van der Waals surface area contributed by atoms with Crippen LogP contribution in [0.5, 0.6) is 0 Å². The molecule has 1 N–H and O–H groups in total. The molecule has 3 aromatic rings. The number of benzene rings is 1. The number of aryl methyl sites for hydroxylation is 2. The van der Waals surface area contributed by atoms with Gasteiger partial charge < -0.3 is 0 Å². The highest BCUT2D eigenvalue weighted by Gasteiger charge is 2.13. The predicted octanol–water partition coefficient (Wildman–Crippen LogP) is 4.84. The second-order valence-electron chi connectivity index (χ2n) is 5.07. The Labute approximate surface area is 146 Å². The Bertz CT molecular complexity index is 876. The SMILES string of the molecule is Cc1cnc(NC(=O)c2ccc(-c3cccc(Br)c3)nc2C)s1. The molecule has 0 saturated carbocycles. The van der Waals surface area contributed by atoms with Gasteiger partial charge in [0, 0.05) is 21.1 Å². The Morgan fingerprint density at radius 2 is 2.04 bits per heavy atom. The number of aromatic nitrogens is 2. The van der Waals surface area contributed by atoms with Crippen molar-refractivity contribution in [2.75, 3.05) is 5.32 Å². The number of rotatable bonds is 3. The number of hydrogen-bond donors (Lipinski definition) is 1. The lowest BCUT2D eigenvalue weighted by Gasteiger charge is -2.08. The zero-order valence-electron chi connectivity index (χ0n) is 12.6. The monoisotopic (exact) mass is 387 g/mol. The summed E-state index contributed by atoms with van der Waals surface area (Å²) in [6.45, 7) is 3.79. The molecule has 0 saturated heterocycles. The smallest absolute Gasteiger partial charge is 0.259 e. The van der Waals surface area contributed by atoms with E-state index in [4.69, 9.17) is 0 Å². The number of anilines is 1. The molecular weight excluding hydrogens is 374 g/mol. The van der Waals surface area contributed by atoms with E-state index in [9.17, 15) is 4.79 Å². The predicted molar refractivity (Wildman–Crippen MR) is 96.9 cm³/mol. The molecule has 0 aliphatic heterocycles. The van der Waals surface area contributed by atoms with Crippen LogP contribution in [-0.2, 0) is 0 Å². The third-order valence-corrected chi connectivity index (χ3v) is 4.61. The maximum Gasteiger partial charge on any atom is 0.259 e. The first kappa shape index (κ1) is 15.8. The van der Waals surface area contributed by atoms with Crippen molar-refractivity contribution in [2.45, 2.75) is 13.8 Å². The molecule has 3 rings (SSSR count). The minimum Gasteiger partial charge on any atom is -0.298 e. The Hall–Kier alpha value is -2.05. The third-order valence-electron chi connectivity index (χ3n) is 3.29. The van der Waals surface area contributed by atoms with Crippen molar-refractivity contribution < 1.29 is 4.79 Å². The van der Waals surface area contributed by atoms with E-state index in [0.29, 0.717) is 16.4 Å². The number of hydrogen-bond acceptors (Lipinski definition) is 4. The van der Waals surface area contributed by atoms with Crippen LogP contribution >= 0.6 is 27.3 Å². The van der Waals surface area contributed by atoms with Crippen LogP contribution in [-0.4, -0.2) is 15.9 Å². The number of amides is 1. The summed E-state index contributed by atoms with van der Waals surface area (Å²) >= 11 is 4.91. The number of carbonyl (C=O) groups excluding carboxylic acids is 1. The quantitative estimate of drug-likeness (QED) is 0.699. The van der Waals surface area contributed by atoms with Crippen LogP contribution in [0.25, 0.3) is 11.3 Å². The van der Waals surface area contributed by atoms with E-state index in [1.165, 1.54) is 11.3 Å². The van der Waals surface area contributed by atoms with Gasteiger partial charge in [-0.2, -0.15) is 0 Å². The van der Waals surface area contributed by atoms with E-state index in [0.717, 1.165) is 20.6 Å². The van der Waals surface area contributed by atoms with E-state index in [2.05, 4.69) is 31.2 Å². The lowest BCUT2D eigenvalue weighted by Crippen LogP contribution is -2.14. The van der Waals surface area contributed by atoms with Crippen LogP contribution < -0.4 is 5.32 Å². The second kappa shape index (κ2) is 6.60. The van der Waals surface area contributed by atoms with Gasteiger partial charge in [0.1, 0.15) is 0 Å². The molecule has 2 aromatic heterocycles. The molecular formula is C17H14BrN3OS. The first-order chi connectivity index (χ1) is 11.0. The number of thiazole rings is 1. The van der Waals surface area contributed by atoms with Crippen molar-refractivity contribution in [1.29, 1.82) is 0 Å². The van der Waals surface area contributed by atoms with Crippen molar-refractivity contribution in [3.8, 4) is 11.3 Å². The molecule has 116 valence electrons. The number of halogens is 1. The average Bonchev–Trinajstić information content (AvgIpc) is 2.92. The molecule has 0 spiro atoms. The first-order valence-corrected chi connectivity index (χ1v) is 8.61. The molecule has 6 heteroatoms. The van der Waals surface area contributed by atoms with Gasteiger partial charge in [-0.25, -0.2) is 4.98 Å². The summed E-state index contributed by atoms with van der Waals surface area (Å²) < 4.78 is 0.996. The van der Waals surface area contributed by atoms with Gasteiger partial charge >= 0.3 is 0 Å². The van der Waals surface area contributed by atoms with Crippen LogP contribution in [0.3, 0.4) is 0 Å². The van der Waals surface area contributed by atoms with Gasteiger partial charge in [0.2, 0.25) is 0 Å². The van der Waals surface area contributed by atoms with Crippen LogP contribution in [0.2, 0.25) is 0 Å². The third kappa shape index (κ3) is 3.65. The van der Waals surface area contributed by atoms with Gasteiger partial charge in [-0.3, -0.25) is 15.1 Å². The molecule has 0 aliphatic carbocycles. The van der Waals surface area contributed by atoms with Gasteiger partial charge in [0.05, 0.1) is 17.0 Å². The number of carbonyl (C=O) groups is 1. The fraction of sp³-hybridized carbons (Fsp3) is 0.118. The highest BCUT2D eigenvalue weighted by atomic mass is 79.9. The standard InChI is InChI=1S/C17H14BrN3OS/c1-10-9-19-17(23-10)21-16(22)14-6-7-15(20-11(14)2)12-4-3-5-13(18)8-12/h3-9H,1-2H3,(H,19,21,22). The summed E-state index contributed by atoms with van der Waals surface area (Å²) in [5.41, 5.74) is 3.08. The van der Waals surface area contributed by atoms with E-state index in [1.54, 1.807) is 12.3 Å². The van der Waals surface area contributed by atoms with Gasteiger partial charge in [-0.05, 0) is 38.1 Å². The number of nitrogens with one attached hydrogen (secondary N) is 1. The van der Waals surface area contributed by atoms with Gasteiger partial charge in [-0.1, -0.05) is 28.1 Å². The van der Waals surface area contributed by atoms with Crippen LogP contribution in [0.15, 0.2) is 47.1 Å². The van der Waals surface area contributed by atoms with Gasteiger partial charge in [0.15, 0.2) is 5.13 Å². The Balaban J connectivity index is 1.85. The summed E-state index contributed by atoms with van der Waals surface area (Å²) in [4.78, 5) is 22.1. The van der Waals surface area contributed by atoms with Crippen molar-refractivity contribution in [3.63, 3.8) is 0 Å². The Morgan fingerprint density at radius 3 is 2.70 bits per heavy atom. The topological polar surface area (TPSA) is 54.9 Å². The minimum absolute atomic E-state index is 0.190. The number of pyridine rings is 1. The van der Waals surface area contributed by atoms with Crippen molar-refractivity contribution >= 4 is 38.3 Å². The molecule has 0 aliphatic rings. The zero-order valence-corrected chi connectivity index (χ0v) is 15.0. The normalized spacial score (nSPS) is 10.6. The highest BCUT2D eigenvalue weighted by Crippen LogP contribution is 2.23. The Morgan fingerprint density at radius 1 is 1.22 bits per heavy atom. The van der Waals surface area contributed by atoms with Gasteiger partial charge in [0.25, 0.3) is 5.91 Å². The number of nitrogens with zero attached hydrogens (tertiary/aromatic N) is 2. The molecule has 0 radical (unpaired) electrons. The maximum absolute atomic E-state index is 12.4. The lowest BCUT2D eigenvalue weighted by atomic mass is 10.1.